The molecule has 0 saturated heterocycles. The molecule has 0 amide bonds. The molecule has 0 saturated carbocycles. The molecule has 1 aromatic rings. The van der Waals surface area contributed by atoms with Crippen LogP contribution in [0.3, 0.4) is 0 Å². The van der Waals surface area contributed by atoms with Crippen LogP contribution >= 0.6 is 11.6 Å². The molecule has 0 fully saturated rings. The zero-order valence-electron chi connectivity index (χ0n) is 11.1. The van der Waals surface area contributed by atoms with Crippen molar-refractivity contribution in [2.75, 3.05) is 33.4 Å². The van der Waals surface area contributed by atoms with Crippen molar-refractivity contribution in [3.63, 3.8) is 0 Å². The van der Waals surface area contributed by atoms with E-state index in [4.69, 9.17) is 21.1 Å². The minimum Gasteiger partial charge on any atom is -0.385 e. The molecule has 4 heteroatoms. The summed E-state index contributed by atoms with van der Waals surface area (Å²) >= 11 is 6.21. The van der Waals surface area contributed by atoms with Crippen LogP contribution in [0.15, 0.2) is 24.3 Å². The van der Waals surface area contributed by atoms with Gasteiger partial charge >= 0.3 is 0 Å². The highest BCUT2D eigenvalue weighted by Crippen LogP contribution is 2.25. The van der Waals surface area contributed by atoms with Crippen LogP contribution in [0.1, 0.15) is 25.0 Å². The minimum absolute atomic E-state index is 0.00416. The highest BCUT2D eigenvalue weighted by Gasteiger charge is 2.14. The Morgan fingerprint density at radius 2 is 2.06 bits per heavy atom. The second-order valence-electron chi connectivity index (χ2n) is 4.03. The molecule has 1 unspecified atom stereocenters. The summed E-state index contributed by atoms with van der Waals surface area (Å²) in [6, 6.07) is 7.83. The predicted molar refractivity (Wildman–Crippen MR) is 75.2 cm³/mol. The molecule has 0 bridgehead atoms. The van der Waals surface area contributed by atoms with Crippen LogP contribution in [-0.4, -0.2) is 33.4 Å². The maximum Gasteiger partial charge on any atom is 0.0963 e. The van der Waals surface area contributed by atoms with Crippen molar-refractivity contribution in [2.45, 2.75) is 19.4 Å². The van der Waals surface area contributed by atoms with E-state index in [2.05, 4.69) is 12.2 Å². The lowest BCUT2D eigenvalue weighted by atomic mass is 10.1. The van der Waals surface area contributed by atoms with Crippen molar-refractivity contribution >= 4 is 11.6 Å². The van der Waals surface area contributed by atoms with E-state index < -0.39 is 0 Å². The van der Waals surface area contributed by atoms with Gasteiger partial charge in [0.2, 0.25) is 0 Å². The summed E-state index contributed by atoms with van der Waals surface area (Å²) in [6.45, 7) is 5.16. The molecule has 102 valence electrons. The number of ether oxygens (including phenoxy) is 2. The third-order valence-electron chi connectivity index (χ3n) is 2.64. The molecule has 0 aromatic heterocycles. The molecule has 1 atom stereocenters. The quantitative estimate of drug-likeness (QED) is 0.701. The SMILES string of the molecule is CCNCC(OCCCOC)c1ccccc1Cl. The van der Waals surface area contributed by atoms with Gasteiger partial charge in [-0.1, -0.05) is 36.7 Å². The number of hydrogen-bond donors (Lipinski definition) is 1. The van der Waals surface area contributed by atoms with Gasteiger partial charge in [0.25, 0.3) is 0 Å². The van der Waals surface area contributed by atoms with Crippen molar-refractivity contribution in [1.82, 2.24) is 5.32 Å². The van der Waals surface area contributed by atoms with Gasteiger partial charge in [-0.15, -0.1) is 0 Å². The second-order valence-corrected chi connectivity index (χ2v) is 4.44. The van der Waals surface area contributed by atoms with Crippen LogP contribution in [0.4, 0.5) is 0 Å². The molecule has 0 aliphatic carbocycles. The van der Waals surface area contributed by atoms with Gasteiger partial charge in [0.15, 0.2) is 0 Å². The van der Waals surface area contributed by atoms with Crippen LogP contribution in [0.2, 0.25) is 5.02 Å². The summed E-state index contributed by atoms with van der Waals surface area (Å²) in [7, 11) is 1.70. The van der Waals surface area contributed by atoms with Gasteiger partial charge < -0.3 is 14.8 Å². The largest absolute Gasteiger partial charge is 0.385 e. The van der Waals surface area contributed by atoms with E-state index in [0.717, 1.165) is 36.7 Å². The van der Waals surface area contributed by atoms with Crippen LogP contribution in [0.5, 0.6) is 0 Å². The molecule has 0 aliphatic heterocycles. The Labute approximate surface area is 114 Å². The lowest BCUT2D eigenvalue weighted by molar-refractivity contribution is 0.0392. The highest BCUT2D eigenvalue weighted by atomic mass is 35.5. The van der Waals surface area contributed by atoms with Crippen molar-refractivity contribution in [1.29, 1.82) is 0 Å². The van der Waals surface area contributed by atoms with Crippen LogP contribution in [0, 0.1) is 0 Å². The van der Waals surface area contributed by atoms with E-state index in [1.165, 1.54) is 0 Å². The van der Waals surface area contributed by atoms with E-state index in [1.807, 2.05) is 24.3 Å². The maximum absolute atomic E-state index is 6.21. The van der Waals surface area contributed by atoms with Crippen molar-refractivity contribution in [3.8, 4) is 0 Å². The zero-order valence-corrected chi connectivity index (χ0v) is 11.9. The van der Waals surface area contributed by atoms with Crippen LogP contribution < -0.4 is 5.32 Å². The Balaban J connectivity index is 2.57. The van der Waals surface area contributed by atoms with Crippen molar-refractivity contribution in [3.05, 3.63) is 34.9 Å². The number of likely N-dealkylation sites (N-methyl/N-ethyl adjacent to an activating group) is 1. The lowest BCUT2D eigenvalue weighted by Gasteiger charge is -2.19. The Morgan fingerprint density at radius 3 is 2.72 bits per heavy atom. The molecular formula is C14H22ClNO2. The average molecular weight is 272 g/mol. The fourth-order valence-electron chi connectivity index (χ4n) is 1.70. The Bertz CT molecular complexity index is 333. The Hall–Kier alpha value is -0.610. The van der Waals surface area contributed by atoms with Gasteiger partial charge in [-0.25, -0.2) is 0 Å². The summed E-state index contributed by atoms with van der Waals surface area (Å²) in [5.74, 6) is 0. The molecule has 1 N–H and O–H groups in total. The highest BCUT2D eigenvalue weighted by molar-refractivity contribution is 6.31. The first-order chi connectivity index (χ1) is 8.79. The Morgan fingerprint density at radius 1 is 1.28 bits per heavy atom. The van der Waals surface area contributed by atoms with E-state index in [9.17, 15) is 0 Å². The summed E-state index contributed by atoms with van der Waals surface area (Å²) in [4.78, 5) is 0. The third-order valence-corrected chi connectivity index (χ3v) is 2.99. The molecule has 18 heavy (non-hydrogen) atoms. The van der Waals surface area contributed by atoms with Crippen molar-refractivity contribution in [2.24, 2.45) is 0 Å². The minimum atomic E-state index is -0.00416. The monoisotopic (exact) mass is 271 g/mol. The normalized spacial score (nSPS) is 12.6. The molecule has 0 aliphatic rings. The zero-order chi connectivity index (χ0) is 13.2. The molecular weight excluding hydrogens is 250 g/mol. The summed E-state index contributed by atoms with van der Waals surface area (Å²) in [5, 5.41) is 4.06. The number of nitrogens with one attached hydrogen (secondary N) is 1. The molecule has 0 heterocycles. The lowest BCUT2D eigenvalue weighted by Crippen LogP contribution is -2.23. The number of benzene rings is 1. The fourth-order valence-corrected chi connectivity index (χ4v) is 1.96. The number of hydrogen-bond acceptors (Lipinski definition) is 3. The summed E-state index contributed by atoms with van der Waals surface area (Å²) in [6.07, 6.45) is 0.888. The fraction of sp³-hybridized carbons (Fsp3) is 0.571. The van der Waals surface area contributed by atoms with E-state index in [-0.39, 0.29) is 6.10 Å². The first kappa shape index (κ1) is 15.4. The Kier molecular flexibility index (Phi) is 8.01. The van der Waals surface area contributed by atoms with Gasteiger partial charge in [0.05, 0.1) is 6.10 Å². The molecule has 1 aromatic carbocycles. The second kappa shape index (κ2) is 9.34. The predicted octanol–water partition coefficient (Wildman–Crippen LogP) is 3.04. The third kappa shape index (κ3) is 5.36. The average Bonchev–Trinajstić information content (AvgIpc) is 2.39. The van der Waals surface area contributed by atoms with E-state index >= 15 is 0 Å². The summed E-state index contributed by atoms with van der Waals surface area (Å²) < 4.78 is 10.9. The van der Waals surface area contributed by atoms with Crippen LogP contribution in [0.25, 0.3) is 0 Å². The first-order valence-corrected chi connectivity index (χ1v) is 6.73. The molecule has 0 radical (unpaired) electrons. The molecule has 1 rings (SSSR count). The van der Waals surface area contributed by atoms with E-state index in [0.29, 0.717) is 6.61 Å². The topological polar surface area (TPSA) is 30.5 Å². The van der Waals surface area contributed by atoms with Gasteiger partial charge in [-0.3, -0.25) is 0 Å². The summed E-state index contributed by atoms with van der Waals surface area (Å²) in [5.41, 5.74) is 1.04. The van der Waals surface area contributed by atoms with Gasteiger partial charge in [0, 0.05) is 37.5 Å². The van der Waals surface area contributed by atoms with Crippen molar-refractivity contribution < 1.29 is 9.47 Å². The van der Waals surface area contributed by atoms with Crippen LogP contribution in [-0.2, 0) is 9.47 Å². The first-order valence-electron chi connectivity index (χ1n) is 6.35. The smallest absolute Gasteiger partial charge is 0.0963 e. The number of rotatable bonds is 9. The standard InChI is InChI=1S/C14H22ClNO2/c1-3-16-11-14(18-10-6-9-17-2)12-7-4-5-8-13(12)15/h4-5,7-8,14,16H,3,6,9-11H2,1-2H3. The van der Waals surface area contributed by atoms with Gasteiger partial charge in [0.1, 0.15) is 0 Å². The number of halogens is 1. The van der Waals surface area contributed by atoms with E-state index in [1.54, 1.807) is 7.11 Å². The number of methoxy groups -OCH3 is 1. The molecule has 3 nitrogen and oxygen atoms in total. The molecule has 0 spiro atoms. The maximum atomic E-state index is 6.21. The van der Waals surface area contributed by atoms with Gasteiger partial charge in [-0.05, 0) is 19.0 Å². The van der Waals surface area contributed by atoms with Gasteiger partial charge in [-0.2, -0.15) is 0 Å².